The molecule has 1 amide bonds. The van der Waals surface area contributed by atoms with Gasteiger partial charge in [0.2, 0.25) is 5.91 Å². The number of hydrogen-bond donors (Lipinski definition) is 1. The van der Waals surface area contributed by atoms with Gasteiger partial charge in [-0.25, -0.2) is 22.9 Å². The van der Waals surface area contributed by atoms with Crippen molar-refractivity contribution in [2.24, 2.45) is 0 Å². The molecule has 11 heteroatoms. The van der Waals surface area contributed by atoms with E-state index in [1.807, 2.05) is 6.07 Å². The summed E-state index contributed by atoms with van der Waals surface area (Å²) in [5.74, 6) is -5.13. The van der Waals surface area contributed by atoms with Gasteiger partial charge in [0.05, 0.1) is 27.8 Å². The lowest BCUT2D eigenvalue weighted by atomic mass is 9.85. The first-order valence-electron chi connectivity index (χ1n) is 12.5. The minimum Gasteiger partial charge on any atom is -0.478 e. The van der Waals surface area contributed by atoms with Gasteiger partial charge in [-0.05, 0) is 62.1 Å². The molecule has 0 unspecified atom stereocenters. The number of anilines is 1. The first-order valence-corrected chi connectivity index (χ1v) is 12.9. The number of nitrogens with zero attached hydrogens (tertiary/aromatic N) is 4. The molecule has 1 saturated carbocycles. The fourth-order valence-electron chi connectivity index (χ4n) is 5.65. The molecule has 3 aromatic carbocycles. The van der Waals surface area contributed by atoms with Crippen molar-refractivity contribution < 1.29 is 27.9 Å². The van der Waals surface area contributed by atoms with Crippen molar-refractivity contribution in [1.82, 2.24) is 9.55 Å². The SMILES string of the molecule is CC(=O)N(c1c(F)cc(C(=O)O)cc1C#N)C1(n2c(-c3ccc(Cl)cc3)nc3cc(F)c(F)cc32)CCCCC1. The Morgan fingerprint density at radius 2 is 1.68 bits per heavy atom. The zero-order valence-corrected chi connectivity index (χ0v) is 22.0. The maximum absolute atomic E-state index is 15.8. The van der Waals surface area contributed by atoms with Crippen molar-refractivity contribution in [1.29, 1.82) is 5.26 Å². The lowest BCUT2D eigenvalue weighted by Crippen LogP contribution is -2.55. The summed E-state index contributed by atoms with van der Waals surface area (Å²) < 4.78 is 46.4. The number of imidazole rings is 1. The molecule has 7 nitrogen and oxygen atoms in total. The van der Waals surface area contributed by atoms with Gasteiger partial charge in [0, 0.05) is 29.6 Å². The van der Waals surface area contributed by atoms with Gasteiger partial charge < -0.3 is 5.11 Å². The number of fused-ring (bicyclic) bond motifs is 1. The quantitative estimate of drug-likeness (QED) is 0.280. The number of amides is 1. The van der Waals surface area contributed by atoms with Crippen LogP contribution in [0, 0.1) is 28.8 Å². The Morgan fingerprint density at radius 3 is 2.27 bits per heavy atom. The summed E-state index contributed by atoms with van der Waals surface area (Å²) in [7, 11) is 0. The van der Waals surface area contributed by atoms with Gasteiger partial charge in [-0.2, -0.15) is 5.26 Å². The van der Waals surface area contributed by atoms with E-state index >= 15 is 4.39 Å². The molecular weight excluding hydrogens is 545 g/mol. The Hall–Kier alpha value is -4.36. The number of nitriles is 1. The van der Waals surface area contributed by atoms with Crippen LogP contribution < -0.4 is 4.90 Å². The number of hydrogen-bond acceptors (Lipinski definition) is 4. The summed E-state index contributed by atoms with van der Waals surface area (Å²) in [5.41, 5.74) is -1.81. The molecule has 1 aliphatic rings. The highest BCUT2D eigenvalue weighted by atomic mass is 35.5. The lowest BCUT2D eigenvalue weighted by Gasteiger charge is -2.48. The molecule has 204 valence electrons. The van der Waals surface area contributed by atoms with Crippen molar-refractivity contribution in [2.75, 3.05) is 4.90 Å². The Bertz CT molecular complexity index is 1710. The van der Waals surface area contributed by atoms with Crippen molar-refractivity contribution in [3.8, 4) is 17.5 Å². The van der Waals surface area contributed by atoms with E-state index in [1.54, 1.807) is 28.8 Å². The van der Waals surface area contributed by atoms with Crippen LogP contribution in [0.2, 0.25) is 5.02 Å². The fraction of sp³-hybridized carbons (Fsp3) is 0.241. The maximum atomic E-state index is 15.8. The van der Waals surface area contributed by atoms with Crippen LogP contribution in [0.3, 0.4) is 0 Å². The van der Waals surface area contributed by atoms with E-state index in [2.05, 4.69) is 4.98 Å². The summed E-state index contributed by atoms with van der Waals surface area (Å²) in [4.78, 5) is 30.8. The van der Waals surface area contributed by atoms with E-state index in [1.165, 1.54) is 6.92 Å². The molecule has 0 aliphatic heterocycles. The Balaban J connectivity index is 1.90. The molecule has 0 spiro atoms. The van der Waals surface area contributed by atoms with E-state index in [4.69, 9.17) is 11.6 Å². The summed E-state index contributed by atoms with van der Waals surface area (Å²) in [5, 5.41) is 19.8. The molecule has 1 N–H and O–H groups in total. The van der Waals surface area contributed by atoms with Crippen molar-refractivity contribution in [3.05, 3.63) is 82.1 Å². The number of rotatable bonds is 5. The van der Waals surface area contributed by atoms with Gasteiger partial charge in [-0.1, -0.05) is 18.0 Å². The predicted molar refractivity (Wildman–Crippen MR) is 142 cm³/mol. The van der Waals surface area contributed by atoms with E-state index in [9.17, 15) is 28.7 Å². The molecule has 0 radical (unpaired) electrons. The van der Waals surface area contributed by atoms with Crippen LogP contribution in [0.5, 0.6) is 0 Å². The second-order valence-corrected chi connectivity index (χ2v) is 10.1. The number of aromatic carboxylic acids is 1. The minimum atomic E-state index is -1.44. The molecule has 40 heavy (non-hydrogen) atoms. The highest BCUT2D eigenvalue weighted by Gasteiger charge is 2.46. The Labute approximate surface area is 232 Å². The molecular formula is C29H22ClF3N4O3. The third-order valence-corrected chi connectivity index (χ3v) is 7.51. The Morgan fingerprint density at radius 1 is 1.02 bits per heavy atom. The molecule has 0 bridgehead atoms. The van der Waals surface area contributed by atoms with Gasteiger partial charge in [0.15, 0.2) is 11.6 Å². The van der Waals surface area contributed by atoms with Crippen LogP contribution in [0.25, 0.3) is 22.4 Å². The average Bonchev–Trinajstić information content (AvgIpc) is 3.29. The largest absolute Gasteiger partial charge is 0.478 e. The molecule has 5 rings (SSSR count). The van der Waals surface area contributed by atoms with Crippen LogP contribution in [-0.4, -0.2) is 26.5 Å². The van der Waals surface area contributed by atoms with Crippen LogP contribution in [-0.2, 0) is 10.5 Å². The third-order valence-electron chi connectivity index (χ3n) is 7.26. The predicted octanol–water partition coefficient (Wildman–Crippen LogP) is 7.01. The zero-order chi connectivity index (χ0) is 28.8. The van der Waals surface area contributed by atoms with E-state index < -0.39 is 46.2 Å². The summed E-state index contributed by atoms with van der Waals surface area (Å²) in [6, 6.07) is 12.1. The van der Waals surface area contributed by atoms with Crippen LogP contribution in [0.4, 0.5) is 18.9 Å². The summed E-state index contributed by atoms with van der Waals surface area (Å²) in [6.07, 6.45) is 2.50. The fourth-order valence-corrected chi connectivity index (χ4v) is 5.77. The number of aromatic nitrogens is 2. The van der Waals surface area contributed by atoms with Gasteiger partial charge in [0.25, 0.3) is 0 Å². The number of benzene rings is 3. The van der Waals surface area contributed by atoms with Gasteiger partial charge in [-0.3, -0.25) is 14.3 Å². The first kappa shape index (κ1) is 27.2. The minimum absolute atomic E-state index is 0.111. The molecule has 1 aliphatic carbocycles. The maximum Gasteiger partial charge on any atom is 0.335 e. The average molecular weight is 567 g/mol. The number of carbonyl (C=O) groups is 2. The van der Waals surface area contributed by atoms with Crippen molar-refractivity contribution in [2.45, 2.75) is 44.7 Å². The van der Waals surface area contributed by atoms with E-state index in [-0.39, 0.29) is 35.3 Å². The van der Waals surface area contributed by atoms with Crippen molar-refractivity contribution >= 4 is 40.2 Å². The van der Waals surface area contributed by atoms with Gasteiger partial charge in [-0.15, -0.1) is 0 Å². The number of halogens is 4. The first-order chi connectivity index (χ1) is 19.1. The Kier molecular flexibility index (Phi) is 7.02. The summed E-state index contributed by atoms with van der Waals surface area (Å²) in [6.45, 7) is 1.21. The normalized spacial score (nSPS) is 14.6. The van der Waals surface area contributed by atoms with Crippen LogP contribution in [0.1, 0.15) is 54.9 Å². The molecule has 1 heterocycles. The molecule has 1 fully saturated rings. The smallest absolute Gasteiger partial charge is 0.335 e. The summed E-state index contributed by atoms with van der Waals surface area (Å²) >= 11 is 6.10. The molecule has 0 saturated heterocycles. The van der Waals surface area contributed by atoms with E-state index in [0.717, 1.165) is 35.6 Å². The van der Waals surface area contributed by atoms with Crippen molar-refractivity contribution in [3.63, 3.8) is 0 Å². The molecule has 0 atom stereocenters. The number of carboxylic acids is 1. The highest BCUT2D eigenvalue weighted by Crippen LogP contribution is 2.47. The molecule has 1 aromatic heterocycles. The third kappa shape index (κ3) is 4.46. The lowest BCUT2D eigenvalue weighted by molar-refractivity contribution is -0.119. The van der Waals surface area contributed by atoms with E-state index in [0.29, 0.717) is 23.4 Å². The second-order valence-electron chi connectivity index (χ2n) is 9.70. The van der Waals surface area contributed by atoms with Gasteiger partial charge in [0.1, 0.15) is 23.4 Å². The molecule has 4 aromatic rings. The number of carbonyl (C=O) groups excluding carboxylic acids is 1. The van der Waals surface area contributed by atoms with Crippen LogP contribution in [0.15, 0.2) is 48.5 Å². The zero-order valence-electron chi connectivity index (χ0n) is 21.2. The van der Waals surface area contributed by atoms with Gasteiger partial charge >= 0.3 is 5.97 Å². The number of carboxylic acid groups (broad SMARTS) is 1. The van der Waals surface area contributed by atoms with Crippen LogP contribution >= 0.6 is 11.6 Å². The standard InChI is InChI=1S/C29H22ClF3N4O3/c1-16(38)36(26-19(15-34)11-18(28(39)40)12-23(26)33)29(9-3-2-4-10-29)37-25-14-22(32)21(31)13-24(25)35-27(37)17-5-7-20(30)8-6-17/h5-8,11-14H,2-4,9-10H2,1H3,(H,39,40). The topological polar surface area (TPSA) is 99.2 Å². The second kappa shape index (κ2) is 10.3. The monoisotopic (exact) mass is 566 g/mol. The highest BCUT2D eigenvalue weighted by molar-refractivity contribution is 6.30.